The zero-order valence-corrected chi connectivity index (χ0v) is 11.6. The Morgan fingerprint density at radius 2 is 2.16 bits per heavy atom. The normalized spacial score (nSPS) is 17.5. The lowest BCUT2D eigenvalue weighted by Crippen LogP contribution is -1.97. The summed E-state index contributed by atoms with van der Waals surface area (Å²) in [6, 6.07) is 0. The monoisotopic (exact) mass is 262 g/mol. The third kappa shape index (κ3) is 6.18. The number of carbonyl (C=O) groups excluding carboxylic acids is 2. The number of ether oxygens (including phenoxy) is 1. The molecule has 0 fully saturated rings. The summed E-state index contributed by atoms with van der Waals surface area (Å²) in [6.45, 7) is 0. The number of methoxy groups -OCH3 is 1. The summed E-state index contributed by atoms with van der Waals surface area (Å²) < 4.78 is 4.51. The number of carbonyl (C=O) groups is 2. The summed E-state index contributed by atoms with van der Waals surface area (Å²) in [5, 5.41) is 0. The minimum Gasteiger partial charge on any atom is -0.466 e. The quantitative estimate of drug-likeness (QED) is 0.305. The van der Waals surface area contributed by atoms with Gasteiger partial charge in [-0.2, -0.15) is 0 Å². The minimum absolute atomic E-state index is 0.301. The zero-order valence-electron chi connectivity index (χ0n) is 11.6. The topological polar surface area (TPSA) is 43.4 Å². The van der Waals surface area contributed by atoms with Crippen molar-refractivity contribution in [1.29, 1.82) is 0 Å². The SMILES string of the molecule is COC(=O)/C=C/CCCC/C=C1\CCCC=C1C=O. The standard InChI is InChI=1S/C16H22O3/c1-19-16(18)12-6-4-2-3-5-9-14-10-7-8-11-15(14)13-17/h6,9,11-13H,2-5,7-8,10H2,1H3/b12-6+,14-9+. The molecule has 1 rings (SSSR count). The molecule has 0 aromatic heterocycles. The van der Waals surface area contributed by atoms with Gasteiger partial charge in [0.25, 0.3) is 0 Å². The van der Waals surface area contributed by atoms with Gasteiger partial charge in [-0.3, -0.25) is 4.79 Å². The Labute approximate surface area is 115 Å². The molecule has 0 aliphatic heterocycles. The van der Waals surface area contributed by atoms with Crippen molar-refractivity contribution in [2.75, 3.05) is 7.11 Å². The van der Waals surface area contributed by atoms with E-state index in [1.165, 1.54) is 18.8 Å². The summed E-state index contributed by atoms with van der Waals surface area (Å²) in [7, 11) is 1.38. The van der Waals surface area contributed by atoms with Crippen molar-refractivity contribution in [2.24, 2.45) is 0 Å². The molecule has 1 aliphatic rings. The first-order chi connectivity index (χ1) is 9.27. The van der Waals surface area contributed by atoms with Crippen LogP contribution in [0.2, 0.25) is 0 Å². The van der Waals surface area contributed by atoms with E-state index in [4.69, 9.17) is 0 Å². The van der Waals surface area contributed by atoms with E-state index in [1.54, 1.807) is 0 Å². The fraction of sp³-hybridized carbons (Fsp3) is 0.500. The van der Waals surface area contributed by atoms with Crippen LogP contribution >= 0.6 is 0 Å². The molecule has 0 N–H and O–H groups in total. The van der Waals surface area contributed by atoms with Gasteiger partial charge in [-0.25, -0.2) is 4.79 Å². The van der Waals surface area contributed by atoms with E-state index in [0.717, 1.165) is 56.8 Å². The number of hydrogen-bond donors (Lipinski definition) is 0. The van der Waals surface area contributed by atoms with E-state index >= 15 is 0 Å². The molecule has 0 radical (unpaired) electrons. The molecule has 0 aromatic rings. The number of esters is 1. The summed E-state index contributed by atoms with van der Waals surface area (Å²) in [6.07, 6.45) is 15.7. The average molecular weight is 262 g/mol. The number of rotatable bonds is 7. The van der Waals surface area contributed by atoms with Crippen molar-refractivity contribution in [3.8, 4) is 0 Å². The van der Waals surface area contributed by atoms with Crippen LogP contribution in [0.25, 0.3) is 0 Å². The molecule has 0 saturated carbocycles. The van der Waals surface area contributed by atoms with Crippen LogP contribution in [0.1, 0.15) is 44.9 Å². The van der Waals surface area contributed by atoms with Gasteiger partial charge in [0.1, 0.15) is 6.29 Å². The molecule has 0 heterocycles. The fourth-order valence-corrected chi connectivity index (χ4v) is 2.10. The Hall–Kier alpha value is -1.64. The van der Waals surface area contributed by atoms with Gasteiger partial charge in [-0.05, 0) is 50.5 Å². The molecule has 3 heteroatoms. The Balaban J connectivity index is 2.21. The first-order valence-corrected chi connectivity index (χ1v) is 6.87. The van der Waals surface area contributed by atoms with E-state index < -0.39 is 0 Å². The van der Waals surface area contributed by atoms with Gasteiger partial charge in [-0.1, -0.05) is 18.2 Å². The number of hydrogen-bond acceptors (Lipinski definition) is 3. The second-order valence-corrected chi connectivity index (χ2v) is 4.61. The van der Waals surface area contributed by atoms with Crippen LogP contribution in [0.4, 0.5) is 0 Å². The van der Waals surface area contributed by atoms with Gasteiger partial charge in [0.05, 0.1) is 7.11 Å². The highest BCUT2D eigenvalue weighted by molar-refractivity contribution is 5.81. The maximum absolute atomic E-state index is 10.9. The summed E-state index contributed by atoms with van der Waals surface area (Å²) in [5.41, 5.74) is 2.07. The van der Waals surface area contributed by atoms with Crippen molar-refractivity contribution in [1.82, 2.24) is 0 Å². The highest BCUT2D eigenvalue weighted by atomic mass is 16.5. The van der Waals surface area contributed by atoms with Crippen molar-refractivity contribution in [3.63, 3.8) is 0 Å². The molecular weight excluding hydrogens is 240 g/mol. The predicted octanol–water partition coefficient (Wildman–Crippen LogP) is 3.51. The molecule has 0 atom stereocenters. The van der Waals surface area contributed by atoms with Gasteiger partial charge in [-0.15, -0.1) is 0 Å². The van der Waals surface area contributed by atoms with Crippen LogP contribution in [-0.4, -0.2) is 19.4 Å². The van der Waals surface area contributed by atoms with E-state index in [-0.39, 0.29) is 5.97 Å². The molecular formula is C16H22O3. The molecule has 0 spiro atoms. The Bertz CT molecular complexity index is 389. The number of unbranched alkanes of at least 4 members (excludes halogenated alkanes) is 3. The van der Waals surface area contributed by atoms with Gasteiger partial charge in [0, 0.05) is 11.6 Å². The predicted molar refractivity (Wildman–Crippen MR) is 75.7 cm³/mol. The van der Waals surface area contributed by atoms with Crippen molar-refractivity contribution >= 4 is 12.3 Å². The lowest BCUT2D eigenvalue weighted by Gasteiger charge is -2.12. The third-order valence-electron chi connectivity index (χ3n) is 3.18. The van der Waals surface area contributed by atoms with Gasteiger partial charge in [0.2, 0.25) is 0 Å². The van der Waals surface area contributed by atoms with Crippen LogP contribution in [0.5, 0.6) is 0 Å². The third-order valence-corrected chi connectivity index (χ3v) is 3.18. The summed E-state index contributed by atoms with van der Waals surface area (Å²) in [4.78, 5) is 21.7. The fourth-order valence-electron chi connectivity index (χ4n) is 2.10. The van der Waals surface area contributed by atoms with Crippen LogP contribution in [0, 0.1) is 0 Å². The Morgan fingerprint density at radius 1 is 1.37 bits per heavy atom. The van der Waals surface area contributed by atoms with E-state index in [2.05, 4.69) is 10.8 Å². The molecule has 0 unspecified atom stereocenters. The van der Waals surface area contributed by atoms with Crippen LogP contribution < -0.4 is 0 Å². The average Bonchev–Trinajstić information content (AvgIpc) is 2.46. The van der Waals surface area contributed by atoms with Crippen molar-refractivity contribution in [2.45, 2.75) is 44.9 Å². The Kier molecular flexibility index (Phi) is 7.56. The summed E-state index contributed by atoms with van der Waals surface area (Å²) in [5.74, 6) is -0.301. The Morgan fingerprint density at radius 3 is 2.89 bits per heavy atom. The number of aldehydes is 1. The van der Waals surface area contributed by atoms with Crippen LogP contribution in [-0.2, 0) is 14.3 Å². The first-order valence-electron chi connectivity index (χ1n) is 6.87. The van der Waals surface area contributed by atoms with Crippen LogP contribution in [0.15, 0.2) is 35.5 Å². The summed E-state index contributed by atoms with van der Waals surface area (Å²) >= 11 is 0. The molecule has 0 aromatic carbocycles. The van der Waals surface area contributed by atoms with Gasteiger partial charge >= 0.3 is 5.97 Å². The van der Waals surface area contributed by atoms with Crippen LogP contribution in [0.3, 0.4) is 0 Å². The molecule has 1 aliphatic carbocycles. The highest BCUT2D eigenvalue weighted by Gasteiger charge is 2.08. The second kappa shape index (κ2) is 9.31. The second-order valence-electron chi connectivity index (χ2n) is 4.61. The molecule has 19 heavy (non-hydrogen) atoms. The minimum atomic E-state index is -0.301. The van der Waals surface area contributed by atoms with E-state index in [0.29, 0.717) is 0 Å². The zero-order chi connectivity index (χ0) is 13.9. The molecule has 0 amide bonds. The largest absolute Gasteiger partial charge is 0.466 e. The maximum atomic E-state index is 10.9. The first kappa shape index (κ1) is 15.4. The molecule has 3 nitrogen and oxygen atoms in total. The molecule has 0 saturated heterocycles. The van der Waals surface area contributed by atoms with Gasteiger partial charge < -0.3 is 4.74 Å². The van der Waals surface area contributed by atoms with Crippen molar-refractivity contribution in [3.05, 3.63) is 35.5 Å². The van der Waals surface area contributed by atoms with Gasteiger partial charge in [0.15, 0.2) is 0 Å². The lowest BCUT2D eigenvalue weighted by atomic mass is 9.93. The van der Waals surface area contributed by atoms with E-state index in [1.807, 2.05) is 12.2 Å². The number of allylic oxidation sites excluding steroid dienone is 5. The van der Waals surface area contributed by atoms with E-state index in [9.17, 15) is 9.59 Å². The van der Waals surface area contributed by atoms with Crippen molar-refractivity contribution < 1.29 is 14.3 Å². The smallest absolute Gasteiger partial charge is 0.330 e. The highest BCUT2D eigenvalue weighted by Crippen LogP contribution is 2.23. The maximum Gasteiger partial charge on any atom is 0.330 e. The molecule has 0 bridgehead atoms. The molecule has 104 valence electrons. The lowest BCUT2D eigenvalue weighted by molar-refractivity contribution is -0.134.